The lowest BCUT2D eigenvalue weighted by atomic mass is 9.97. The van der Waals surface area contributed by atoms with Gasteiger partial charge in [-0.2, -0.15) is 0 Å². The molecule has 0 aromatic rings. The van der Waals surface area contributed by atoms with Crippen LogP contribution in [-0.2, 0) is 9.53 Å². The van der Waals surface area contributed by atoms with Crippen LogP contribution in [0.1, 0.15) is 104 Å². The Labute approximate surface area is 149 Å². The van der Waals surface area contributed by atoms with E-state index in [1.54, 1.807) is 6.92 Å². The standard InChI is InChI=1S/C20H40O4/c1-4-5-6-7-8-9-10-11-12-13-14-15-16-20(3,23)19(22)24-17-18(2)21/h18,21,23H,4-17H2,1-3H3. The molecule has 0 aliphatic carbocycles. The fraction of sp³-hybridized carbons (Fsp3) is 0.950. The van der Waals surface area contributed by atoms with E-state index in [1.165, 1.54) is 64.7 Å². The Hall–Kier alpha value is -0.610. The first-order valence-corrected chi connectivity index (χ1v) is 9.97. The van der Waals surface area contributed by atoms with Crippen molar-refractivity contribution in [2.24, 2.45) is 0 Å². The van der Waals surface area contributed by atoms with Gasteiger partial charge in [0.15, 0.2) is 5.60 Å². The molecule has 4 heteroatoms. The van der Waals surface area contributed by atoms with E-state index < -0.39 is 17.7 Å². The smallest absolute Gasteiger partial charge is 0.337 e. The summed E-state index contributed by atoms with van der Waals surface area (Å²) in [4.78, 5) is 11.7. The molecule has 0 rings (SSSR count). The predicted molar refractivity (Wildman–Crippen MR) is 99.0 cm³/mol. The number of hydrogen-bond donors (Lipinski definition) is 2. The maximum Gasteiger partial charge on any atom is 0.337 e. The Balaban J connectivity index is 3.46. The Bertz CT molecular complexity index is 300. The zero-order valence-electron chi connectivity index (χ0n) is 16.2. The van der Waals surface area contributed by atoms with E-state index in [-0.39, 0.29) is 6.61 Å². The van der Waals surface area contributed by atoms with Crippen molar-refractivity contribution in [1.82, 2.24) is 0 Å². The number of aliphatic hydroxyl groups is 2. The van der Waals surface area contributed by atoms with Gasteiger partial charge in [-0.15, -0.1) is 0 Å². The molecule has 0 heterocycles. The molecule has 0 spiro atoms. The molecule has 0 saturated heterocycles. The molecule has 0 fully saturated rings. The summed E-state index contributed by atoms with van der Waals surface area (Å²) in [6.45, 7) is 5.23. The van der Waals surface area contributed by atoms with Gasteiger partial charge in [-0.05, 0) is 26.7 Å². The minimum Gasteiger partial charge on any atom is -0.461 e. The van der Waals surface area contributed by atoms with E-state index in [1.807, 2.05) is 0 Å². The highest BCUT2D eigenvalue weighted by atomic mass is 16.6. The van der Waals surface area contributed by atoms with Crippen LogP contribution in [0.2, 0.25) is 0 Å². The second-order valence-corrected chi connectivity index (χ2v) is 7.36. The molecule has 0 amide bonds. The zero-order valence-corrected chi connectivity index (χ0v) is 16.2. The summed E-state index contributed by atoms with van der Waals surface area (Å²) in [6, 6.07) is 0. The van der Waals surface area contributed by atoms with E-state index in [9.17, 15) is 9.90 Å². The van der Waals surface area contributed by atoms with E-state index in [4.69, 9.17) is 9.84 Å². The fourth-order valence-electron chi connectivity index (χ4n) is 2.76. The molecule has 144 valence electrons. The first-order valence-electron chi connectivity index (χ1n) is 9.97. The summed E-state index contributed by atoms with van der Waals surface area (Å²) in [5.74, 6) is -0.633. The van der Waals surface area contributed by atoms with Crippen molar-refractivity contribution in [2.75, 3.05) is 6.61 Å². The molecule has 0 aliphatic heterocycles. The molecule has 0 aliphatic rings. The lowest BCUT2D eigenvalue weighted by molar-refractivity contribution is -0.167. The molecule has 0 saturated carbocycles. The minimum atomic E-state index is -1.44. The van der Waals surface area contributed by atoms with Crippen molar-refractivity contribution in [3.05, 3.63) is 0 Å². The van der Waals surface area contributed by atoms with Crippen LogP contribution in [0.4, 0.5) is 0 Å². The van der Waals surface area contributed by atoms with Gasteiger partial charge < -0.3 is 14.9 Å². The maximum atomic E-state index is 11.7. The van der Waals surface area contributed by atoms with Gasteiger partial charge in [-0.3, -0.25) is 0 Å². The summed E-state index contributed by atoms with van der Waals surface area (Å²) in [5, 5.41) is 19.2. The number of esters is 1. The highest BCUT2D eigenvalue weighted by molar-refractivity contribution is 5.78. The van der Waals surface area contributed by atoms with E-state index >= 15 is 0 Å². The van der Waals surface area contributed by atoms with Crippen molar-refractivity contribution in [2.45, 2.75) is 116 Å². The molecule has 0 radical (unpaired) electrons. The Kier molecular flexibility index (Phi) is 14.3. The molecule has 0 aromatic carbocycles. The topological polar surface area (TPSA) is 66.8 Å². The lowest BCUT2D eigenvalue weighted by Crippen LogP contribution is -2.38. The van der Waals surface area contributed by atoms with Crippen molar-refractivity contribution in [1.29, 1.82) is 0 Å². The number of carbonyl (C=O) groups excluding carboxylic acids is 1. The summed E-state index contributed by atoms with van der Waals surface area (Å²) < 4.78 is 4.89. The monoisotopic (exact) mass is 344 g/mol. The fourth-order valence-corrected chi connectivity index (χ4v) is 2.76. The Morgan fingerprint density at radius 2 is 1.33 bits per heavy atom. The molecule has 0 bridgehead atoms. The summed E-state index contributed by atoms with van der Waals surface area (Å²) >= 11 is 0. The lowest BCUT2D eigenvalue weighted by Gasteiger charge is -2.21. The van der Waals surface area contributed by atoms with Gasteiger partial charge in [0.1, 0.15) is 6.61 Å². The predicted octanol–water partition coefficient (Wildman–Crippen LogP) is 4.75. The average molecular weight is 345 g/mol. The van der Waals surface area contributed by atoms with Crippen molar-refractivity contribution in [3.63, 3.8) is 0 Å². The number of hydrogen-bond acceptors (Lipinski definition) is 4. The summed E-state index contributed by atoms with van der Waals surface area (Å²) in [6.07, 6.45) is 14.8. The Morgan fingerprint density at radius 3 is 1.75 bits per heavy atom. The quantitative estimate of drug-likeness (QED) is 0.313. The molecule has 2 atom stereocenters. The third-order valence-electron chi connectivity index (χ3n) is 4.41. The molecule has 2 unspecified atom stereocenters. The second kappa shape index (κ2) is 14.7. The molecule has 24 heavy (non-hydrogen) atoms. The molecular formula is C20H40O4. The van der Waals surface area contributed by atoms with E-state index in [2.05, 4.69) is 6.92 Å². The van der Waals surface area contributed by atoms with Crippen LogP contribution in [0.3, 0.4) is 0 Å². The van der Waals surface area contributed by atoms with Gasteiger partial charge in [0.05, 0.1) is 6.10 Å². The molecule has 4 nitrogen and oxygen atoms in total. The van der Waals surface area contributed by atoms with Gasteiger partial charge in [0.2, 0.25) is 0 Å². The van der Waals surface area contributed by atoms with Crippen LogP contribution in [0.5, 0.6) is 0 Å². The number of unbranched alkanes of at least 4 members (excludes halogenated alkanes) is 11. The van der Waals surface area contributed by atoms with Gasteiger partial charge in [0.25, 0.3) is 0 Å². The van der Waals surface area contributed by atoms with E-state index in [0.29, 0.717) is 6.42 Å². The third kappa shape index (κ3) is 13.8. The molecule has 2 N–H and O–H groups in total. The number of rotatable bonds is 16. The first-order chi connectivity index (χ1) is 11.4. The maximum absolute atomic E-state index is 11.7. The summed E-state index contributed by atoms with van der Waals surface area (Å²) in [7, 11) is 0. The number of carbonyl (C=O) groups is 1. The van der Waals surface area contributed by atoms with Crippen LogP contribution in [-0.4, -0.2) is 34.5 Å². The average Bonchev–Trinajstić information content (AvgIpc) is 2.53. The van der Waals surface area contributed by atoms with Crippen LogP contribution in [0, 0.1) is 0 Å². The molecular weight excluding hydrogens is 304 g/mol. The van der Waals surface area contributed by atoms with Gasteiger partial charge >= 0.3 is 5.97 Å². The van der Waals surface area contributed by atoms with Gasteiger partial charge in [-0.1, -0.05) is 77.6 Å². The third-order valence-corrected chi connectivity index (χ3v) is 4.41. The van der Waals surface area contributed by atoms with Gasteiger partial charge in [0, 0.05) is 0 Å². The minimum absolute atomic E-state index is 0.0621. The van der Waals surface area contributed by atoms with Crippen LogP contribution in [0.25, 0.3) is 0 Å². The largest absolute Gasteiger partial charge is 0.461 e. The Morgan fingerprint density at radius 1 is 0.917 bits per heavy atom. The van der Waals surface area contributed by atoms with Crippen LogP contribution >= 0.6 is 0 Å². The molecule has 0 aromatic heterocycles. The first kappa shape index (κ1) is 23.4. The SMILES string of the molecule is CCCCCCCCCCCCCCC(C)(O)C(=O)OCC(C)O. The number of aliphatic hydroxyl groups excluding tert-OH is 1. The highest BCUT2D eigenvalue weighted by Crippen LogP contribution is 2.18. The summed E-state index contributed by atoms with van der Waals surface area (Å²) in [5.41, 5.74) is -1.44. The normalized spacial score (nSPS) is 15.0. The van der Waals surface area contributed by atoms with Crippen LogP contribution in [0.15, 0.2) is 0 Å². The van der Waals surface area contributed by atoms with Crippen molar-refractivity contribution >= 4 is 5.97 Å². The van der Waals surface area contributed by atoms with E-state index in [0.717, 1.165) is 19.3 Å². The van der Waals surface area contributed by atoms with Crippen LogP contribution < -0.4 is 0 Å². The second-order valence-electron chi connectivity index (χ2n) is 7.36. The number of ether oxygens (including phenoxy) is 1. The zero-order chi connectivity index (χ0) is 18.3. The van der Waals surface area contributed by atoms with Crippen molar-refractivity contribution < 1.29 is 19.7 Å². The highest BCUT2D eigenvalue weighted by Gasteiger charge is 2.31. The van der Waals surface area contributed by atoms with Gasteiger partial charge in [-0.25, -0.2) is 4.79 Å². The van der Waals surface area contributed by atoms with Crippen molar-refractivity contribution in [3.8, 4) is 0 Å².